The fourth-order valence-corrected chi connectivity index (χ4v) is 5.78. The van der Waals surface area contributed by atoms with Crippen molar-refractivity contribution in [2.24, 2.45) is 5.92 Å². The van der Waals surface area contributed by atoms with Crippen LogP contribution in [0.4, 0.5) is 10.7 Å². The summed E-state index contributed by atoms with van der Waals surface area (Å²) >= 11 is 1.45. The standard InChI is InChI=1S/C19H18N2O4S2/c22-21(23)16-7-9-17(10-8-16)27(24,25)20(12-11-14-5-6-14)19-13-15-3-1-2-4-18(15)26-19/h1-4,7-10,13-14H,5-6,11-12H2. The zero-order valence-corrected chi connectivity index (χ0v) is 16.1. The van der Waals surface area contributed by atoms with Crippen LogP contribution in [0.3, 0.4) is 0 Å². The number of thiophene rings is 1. The summed E-state index contributed by atoms with van der Waals surface area (Å²) in [4.78, 5) is 10.4. The molecule has 8 heteroatoms. The lowest BCUT2D eigenvalue weighted by molar-refractivity contribution is -0.384. The Bertz CT molecular complexity index is 1050. The molecule has 0 atom stereocenters. The summed E-state index contributed by atoms with van der Waals surface area (Å²) < 4.78 is 29.1. The van der Waals surface area contributed by atoms with Crippen LogP contribution in [-0.2, 0) is 10.0 Å². The molecule has 0 unspecified atom stereocenters. The van der Waals surface area contributed by atoms with Gasteiger partial charge in [0.1, 0.15) is 5.00 Å². The number of sulfonamides is 1. The molecule has 27 heavy (non-hydrogen) atoms. The molecule has 0 aliphatic heterocycles. The van der Waals surface area contributed by atoms with Gasteiger partial charge < -0.3 is 0 Å². The zero-order chi connectivity index (χ0) is 19.0. The third-order valence-corrected chi connectivity index (χ3v) is 7.81. The van der Waals surface area contributed by atoms with Gasteiger partial charge in [0.25, 0.3) is 15.7 Å². The van der Waals surface area contributed by atoms with Gasteiger partial charge in [-0.1, -0.05) is 31.0 Å². The highest BCUT2D eigenvalue weighted by molar-refractivity contribution is 7.93. The average Bonchev–Trinajstić information content (AvgIpc) is 3.38. The van der Waals surface area contributed by atoms with E-state index in [2.05, 4.69) is 0 Å². The van der Waals surface area contributed by atoms with Gasteiger partial charge in [-0.2, -0.15) is 0 Å². The maximum absolute atomic E-state index is 13.3. The van der Waals surface area contributed by atoms with Gasteiger partial charge in [-0.25, -0.2) is 8.42 Å². The number of hydrogen-bond acceptors (Lipinski definition) is 5. The Morgan fingerprint density at radius 1 is 1.11 bits per heavy atom. The van der Waals surface area contributed by atoms with Gasteiger partial charge in [-0.3, -0.25) is 14.4 Å². The number of nitro groups is 1. The zero-order valence-electron chi connectivity index (χ0n) is 14.4. The topological polar surface area (TPSA) is 80.5 Å². The van der Waals surface area contributed by atoms with Crippen molar-refractivity contribution in [2.45, 2.75) is 24.2 Å². The number of fused-ring (bicyclic) bond motifs is 1. The van der Waals surface area contributed by atoms with Crippen LogP contribution in [0.2, 0.25) is 0 Å². The molecule has 1 saturated carbocycles. The van der Waals surface area contributed by atoms with E-state index in [-0.39, 0.29) is 10.6 Å². The van der Waals surface area contributed by atoms with Crippen molar-refractivity contribution in [2.75, 3.05) is 10.8 Å². The first-order valence-corrected chi connectivity index (χ1v) is 11.0. The SMILES string of the molecule is O=[N+]([O-])c1ccc(S(=O)(=O)N(CCC2CC2)c2cc3ccccc3s2)cc1. The van der Waals surface area contributed by atoms with Gasteiger partial charge in [0.05, 0.1) is 9.82 Å². The number of nitro benzene ring substituents is 1. The van der Waals surface area contributed by atoms with Gasteiger partial charge in [0, 0.05) is 23.4 Å². The van der Waals surface area contributed by atoms with E-state index in [1.807, 2.05) is 30.3 Å². The minimum absolute atomic E-state index is 0.0707. The lowest BCUT2D eigenvalue weighted by Gasteiger charge is -2.22. The summed E-state index contributed by atoms with van der Waals surface area (Å²) in [5.74, 6) is 0.592. The molecule has 3 aromatic rings. The van der Waals surface area contributed by atoms with E-state index >= 15 is 0 Å². The second kappa shape index (κ2) is 6.94. The summed E-state index contributed by atoms with van der Waals surface area (Å²) in [6, 6.07) is 14.8. The number of anilines is 1. The number of rotatable bonds is 7. The minimum atomic E-state index is -3.79. The molecule has 4 rings (SSSR count). The molecule has 0 spiro atoms. The normalized spacial score (nSPS) is 14.4. The summed E-state index contributed by atoms with van der Waals surface area (Å²) in [7, 11) is -3.79. The Kier molecular flexibility index (Phi) is 4.61. The highest BCUT2D eigenvalue weighted by Gasteiger charge is 2.30. The molecule has 140 valence electrons. The largest absolute Gasteiger partial charge is 0.269 e. The van der Waals surface area contributed by atoms with Crippen molar-refractivity contribution in [1.82, 2.24) is 0 Å². The molecule has 0 saturated heterocycles. The summed E-state index contributed by atoms with van der Waals surface area (Å²) in [5, 5.41) is 12.5. The molecule has 1 heterocycles. The van der Waals surface area contributed by atoms with Crippen molar-refractivity contribution >= 4 is 42.1 Å². The molecule has 0 amide bonds. The molecule has 6 nitrogen and oxygen atoms in total. The van der Waals surface area contributed by atoms with E-state index in [1.165, 1.54) is 39.9 Å². The monoisotopic (exact) mass is 402 g/mol. The molecular weight excluding hydrogens is 384 g/mol. The molecule has 2 aromatic carbocycles. The van der Waals surface area contributed by atoms with Crippen LogP contribution in [0.1, 0.15) is 19.3 Å². The Balaban J connectivity index is 1.72. The van der Waals surface area contributed by atoms with Gasteiger partial charge in [0.2, 0.25) is 0 Å². The lowest BCUT2D eigenvalue weighted by atomic mass is 10.2. The van der Waals surface area contributed by atoms with E-state index in [4.69, 9.17) is 0 Å². The Morgan fingerprint density at radius 2 is 1.81 bits per heavy atom. The van der Waals surface area contributed by atoms with Gasteiger partial charge in [-0.05, 0) is 42.0 Å². The van der Waals surface area contributed by atoms with Crippen LogP contribution >= 0.6 is 11.3 Å². The quantitative estimate of drug-likeness (QED) is 0.420. The minimum Gasteiger partial charge on any atom is -0.258 e. The van der Waals surface area contributed by atoms with Crippen LogP contribution < -0.4 is 4.31 Å². The molecule has 1 aromatic heterocycles. The van der Waals surface area contributed by atoms with Crippen molar-refractivity contribution in [1.29, 1.82) is 0 Å². The summed E-state index contributed by atoms with van der Waals surface area (Å²) in [6.45, 7) is 0.414. The predicted molar refractivity (Wildman–Crippen MR) is 107 cm³/mol. The Morgan fingerprint density at radius 3 is 2.44 bits per heavy atom. The Hall–Kier alpha value is -2.45. The van der Waals surface area contributed by atoms with Crippen molar-refractivity contribution < 1.29 is 13.3 Å². The van der Waals surface area contributed by atoms with Crippen molar-refractivity contribution in [3.8, 4) is 0 Å². The molecular formula is C19H18N2O4S2. The molecule has 1 fully saturated rings. The highest BCUT2D eigenvalue weighted by Crippen LogP contribution is 2.38. The summed E-state index contributed by atoms with van der Waals surface area (Å²) in [5.41, 5.74) is -0.125. The maximum atomic E-state index is 13.3. The first kappa shape index (κ1) is 17.9. The predicted octanol–water partition coefficient (Wildman–Crippen LogP) is 4.80. The van der Waals surface area contributed by atoms with E-state index in [0.717, 1.165) is 29.3 Å². The van der Waals surface area contributed by atoms with Gasteiger partial charge >= 0.3 is 0 Å². The Labute approximate surface area is 161 Å². The van der Waals surface area contributed by atoms with Crippen molar-refractivity contribution in [3.05, 3.63) is 64.7 Å². The molecule has 1 aliphatic carbocycles. The smallest absolute Gasteiger partial charge is 0.258 e. The van der Waals surface area contributed by atoms with E-state index in [1.54, 1.807) is 0 Å². The number of hydrogen-bond donors (Lipinski definition) is 0. The highest BCUT2D eigenvalue weighted by atomic mass is 32.2. The lowest BCUT2D eigenvalue weighted by Crippen LogP contribution is -2.31. The van der Waals surface area contributed by atoms with Gasteiger partial charge in [0.15, 0.2) is 0 Å². The van der Waals surface area contributed by atoms with Crippen LogP contribution in [0.5, 0.6) is 0 Å². The van der Waals surface area contributed by atoms with Crippen LogP contribution in [0.15, 0.2) is 59.5 Å². The van der Waals surface area contributed by atoms with Crippen molar-refractivity contribution in [3.63, 3.8) is 0 Å². The van der Waals surface area contributed by atoms with E-state index in [0.29, 0.717) is 17.5 Å². The maximum Gasteiger partial charge on any atom is 0.269 e. The second-order valence-electron chi connectivity index (χ2n) is 6.68. The third-order valence-electron chi connectivity index (χ3n) is 4.73. The third kappa shape index (κ3) is 3.68. The molecule has 0 N–H and O–H groups in total. The van der Waals surface area contributed by atoms with Crippen LogP contribution in [0.25, 0.3) is 10.1 Å². The van der Waals surface area contributed by atoms with Crippen LogP contribution in [-0.4, -0.2) is 19.9 Å². The summed E-state index contributed by atoms with van der Waals surface area (Å²) in [6.07, 6.45) is 3.12. The van der Waals surface area contributed by atoms with E-state index < -0.39 is 14.9 Å². The van der Waals surface area contributed by atoms with E-state index in [9.17, 15) is 18.5 Å². The molecule has 0 bridgehead atoms. The first-order valence-electron chi connectivity index (χ1n) is 8.71. The first-order chi connectivity index (χ1) is 12.9. The number of benzene rings is 2. The molecule has 1 aliphatic rings. The number of nitrogens with zero attached hydrogens (tertiary/aromatic N) is 2. The number of non-ortho nitro benzene ring substituents is 1. The average molecular weight is 402 g/mol. The fourth-order valence-electron chi connectivity index (χ4n) is 3.01. The molecule has 0 radical (unpaired) electrons. The van der Waals surface area contributed by atoms with Crippen LogP contribution in [0, 0.1) is 16.0 Å². The second-order valence-corrected chi connectivity index (χ2v) is 9.61. The van der Waals surface area contributed by atoms with Gasteiger partial charge in [-0.15, -0.1) is 11.3 Å². The fraction of sp³-hybridized carbons (Fsp3) is 0.263.